The summed E-state index contributed by atoms with van der Waals surface area (Å²) in [6.07, 6.45) is 10.4. The zero-order valence-electron chi connectivity index (χ0n) is 64.7. The fraction of sp³-hybridized carbons (Fsp3) is 0.508. The molecule has 0 aromatic carbocycles. The number of amidine groups is 1. The van der Waals surface area contributed by atoms with Crippen LogP contribution in [0, 0.1) is 0 Å². The Labute approximate surface area is 727 Å². The average Bonchev–Trinajstić information content (AvgIpc) is 1.59. The second kappa shape index (κ2) is 37.4. The third-order valence-electron chi connectivity index (χ3n) is 18.8. The number of urea groups is 4. The summed E-state index contributed by atoms with van der Waals surface area (Å²) >= 11 is 5.58. The minimum Gasteiger partial charge on any atom is -0.724 e. The van der Waals surface area contributed by atoms with Gasteiger partial charge in [-0.05, 0) is 18.1 Å². The molecule has 0 spiro atoms. The van der Waals surface area contributed by atoms with Crippen molar-refractivity contribution >= 4 is 126 Å². The number of ether oxygens (including phenoxy) is 3. The molecule has 16 heterocycles. The Bertz CT molecular complexity index is 5000. The summed E-state index contributed by atoms with van der Waals surface area (Å²) in [7, 11) is -13.6. The van der Waals surface area contributed by atoms with Gasteiger partial charge in [0.1, 0.15) is 92.1 Å². The number of rotatable bonds is 26. The van der Waals surface area contributed by atoms with Crippen molar-refractivity contribution < 1.29 is 165 Å². The number of hydroxylamine groups is 8. The molecule has 7 aromatic heterocycles. The predicted molar refractivity (Wildman–Crippen MR) is 402 cm³/mol. The molecule has 4 saturated heterocycles. The Kier molecular flexibility index (Phi) is 29.7. The van der Waals surface area contributed by atoms with Gasteiger partial charge in [-0.15, -0.1) is 51.9 Å². The first-order chi connectivity index (χ1) is 53.7. The zero-order valence-corrected chi connectivity index (χ0v) is 76.6. The van der Waals surface area contributed by atoms with Gasteiger partial charge >= 0.3 is 89.4 Å². The number of aliphatic imine (C=N–C) groups is 1. The maximum absolute atomic E-state index is 13.1. The number of alkyl halides is 3. The van der Waals surface area contributed by atoms with Gasteiger partial charge in [0.2, 0.25) is 26.6 Å². The summed E-state index contributed by atoms with van der Waals surface area (Å²) in [5.41, 5.74) is 9.70. The molecule has 53 heteroatoms. The van der Waals surface area contributed by atoms with E-state index in [9.17, 15) is 63.5 Å². The van der Waals surface area contributed by atoms with Gasteiger partial charge in [-0.3, -0.25) is 15.4 Å². The number of thiazole rings is 4. The van der Waals surface area contributed by atoms with Crippen molar-refractivity contribution in [3.63, 3.8) is 0 Å². The summed E-state index contributed by atoms with van der Waals surface area (Å²) in [5.74, 6) is -0.346. The molecule has 39 nitrogen and oxygen atoms in total. The summed E-state index contributed by atoms with van der Waals surface area (Å²) in [5, 5.41) is 24.2. The van der Waals surface area contributed by atoms with Crippen molar-refractivity contribution in [2.75, 3.05) is 52.6 Å². The second-order valence-corrected chi connectivity index (χ2v) is 52.7. The van der Waals surface area contributed by atoms with Crippen molar-refractivity contribution in [1.29, 1.82) is 0 Å². The van der Waals surface area contributed by atoms with Crippen LogP contribution in [0.15, 0.2) is 89.3 Å². The third-order valence-corrected chi connectivity index (χ3v) is 28.4. The number of aliphatic carboxylic acids is 1. The van der Waals surface area contributed by atoms with E-state index in [0.29, 0.717) is 81.9 Å². The van der Waals surface area contributed by atoms with Crippen molar-refractivity contribution in [3.8, 4) is 0 Å². The monoisotopic (exact) mass is 1800 g/mol. The number of halogens is 3. The summed E-state index contributed by atoms with van der Waals surface area (Å²) in [6, 6.07) is -2.47. The Morgan fingerprint density at radius 2 is 0.871 bits per heavy atom. The van der Waals surface area contributed by atoms with Crippen LogP contribution in [0.1, 0.15) is 108 Å². The van der Waals surface area contributed by atoms with Crippen LogP contribution in [0.3, 0.4) is 0 Å². The molecule has 116 heavy (non-hydrogen) atoms. The Hall–Kier alpha value is -6.21. The van der Waals surface area contributed by atoms with E-state index >= 15 is 0 Å². The smallest absolute Gasteiger partial charge is 0.724 e. The van der Waals surface area contributed by atoms with Gasteiger partial charge < -0.3 is 66.5 Å². The summed E-state index contributed by atoms with van der Waals surface area (Å²) < 4.78 is 130. The Balaban J connectivity index is 0.000000158. The van der Waals surface area contributed by atoms with Gasteiger partial charge in [0, 0.05) is 81.2 Å². The number of hydrogen-bond acceptors (Lipinski definition) is 31. The number of aromatic nitrogens is 10. The molecule has 7 aromatic rings. The number of quaternary nitrogens is 1. The minimum atomic E-state index is -5.19. The molecule has 0 aliphatic carbocycles. The zero-order chi connectivity index (χ0) is 82.3. The Morgan fingerprint density at radius 3 is 1.20 bits per heavy atom. The number of carbonyl (C=O) groups is 5. The topological polar surface area (TPSA) is 458 Å². The normalized spacial score (nSPS) is 21.5. The number of carbonyl (C=O) groups excluding carboxylic acids is 5. The van der Waals surface area contributed by atoms with E-state index in [-0.39, 0.29) is 110 Å². The SMILES string of the molecule is C=CCON1C(=O)N2C[C@H]1c1scnc1[C@H]2c1nccn1COCC[Si](C)(C)C.C[Si](C)(C)CCOCn1ccnc1C1c2ncsc2[C@@H]2CN1C(=O)N2OS(=O)(=O)[O-].C[Si](C)(C)CCOCn1ccnc1[C@@H]1c2ncsc2[C@@H]2CN1C(=O)N2O.O=C([O-])C(F)(F)F.O=C1N2C[C@@H](c3scnc3[C@H]2C2=NC=C[NH2+]2)N1OS(=O)(=O)[O-].[Na+].[Na+]. The summed E-state index contributed by atoms with van der Waals surface area (Å²) in [4.78, 5) is 110. The fourth-order valence-electron chi connectivity index (χ4n) is 13.4. The first kappa shape index (κ1) is 92.1. The van der Waals surface area contributed by atoms with Gasteiger partial charge in [0.25, 0.3) is 0 Å². The first-order valence-corrected chi connectivity index (χ1v) is 52.5. The van der Waals surface area contributed by atoms with Crippen LogP contribution in [0.4, 0.5) is 32.3 Å². The third kappa shape index (κ3) is 20.9. The molecule has 0 saturated carbocycles. The number of amides is 8. The molecule has 0 radical (unpaired) electrons. The van der Waals surface area contributed by atoms with E-state index in [2.05, 4.69) is 114 Å². The number of nitrogens with zero attached hydrogens (tertiary/aromatic N) is 19. The quantitative estimate of drug-likeness (QED) is 0.0187. The Morgan fingerprint density at radius 1 is 0.552 bits per heavy atom. The van der Waals surface area contributed by atoms with Gasteiger partial charge in [-0.25, -0.2) is 75.9 Å². The van der Waals surface area contributed by atoms with Gasteiger partial charge in [0.05, 0.1) is 103 Å². The molecular weight excluding hydrogens is 1720 g/mol. The molecule has 8 atom stereocenters. The number of nitrogens with two attached hydrogens (primary N) is 1. The maximum atomic E-state index is 13.1. The number of carboxylic acid groups (broad SMARTS) is 1. The van der Waals surface area contributed by atoms with Crippen molar-refractivity contribution in [2.45, 2.75) is 152 Å². The predicted octanol–water partition coefficient (Wildman–Crippen LogP) is 0.621. The molecule has 9 aliphatic rings. The van der Waals surface area contributed by atoms with Gasteiger partial charge in [0.15, 0.2) is 6.04 Å². The molecule has 4 fully saturated rings. The molecule has 9 aliphatic heterocycles. The molecule has 3 N–H and O–H groups in total. The summed E-state index contributed by atoms with van der Waals surface area (Å²) in [6.45, 7) is 29.3. The van der Waals surface area contributed by atoms with Crippen LogP contribution in [0.5, 0.6) is 0 Å². The van der Waals surface area contributed by atoms with Crippen LogP contribution in [-0.4, -0.2) is 239 Å². The second-order valence-electron chi connectivity index (χ2n) is 30.3. The van der Waals surface area contributed by atoms with Crippen molar-refractivity contribution in [2.24, 2.45) is 4.99 Å². The van der Waals surface area contributed by atoms with E-state index in [1.54, 1.807) is 90.8 Å². The number of fused-ring (bicyclic) bond motifs is 16. The molecule has 618 valence electrons. The molecule has 1 unspecified atom stereocenters. The van der Waals surface area contributed by atoms with Crippen LogP contribution >= 0.6 is 45.3 Å². The molecule has 8 bridgehead atoms. The average molecular weight is 1800 g/mol. The minimum absolute atomic E-state index is 0. The van der Waals surface area contributed by atoms with E-state index in [1.807, 2.05) is 27.0 Å². The van der Waals surface area contributed by atoms with E-state index in [0.717, 1.165) is 63.4 Å². The number of carboxylic acids is 1. The van der Waals surface area contributed by atoms with E-state index < -0.39 is 105 Å². The van der Waals surface area contributed by atoms with Crippen molar-refractivity contribution in [3.05, 3.63) is 144 Å². The van der Waals surface area contributed by atoms with Crippen molar-refractivity contribution in [1.82, 2.24) is 88.4 Å². The largest absolute Gasteiger partial charge is 1.00 e. The maximum Gasteiger partial charge on any atom is 1.00 e. The molecular formula is C63H81F3N20Na2O19S6Si3. The van der Waals surface area contributed by atoms with E-state index in [4.69, 9.17) is 28.9 Å². The fourth-order valence-corrected chi connectivity index (χ4v) is 19.9. The van der Waals surface area contributed by atoms with Crippen LogP contribution in [0.2, 0.25) is 77.1 Å². The van der Waals surface area contributed by atoms with Crippen LogP contribution in [0.25, 0.3) is 0 Å². The van der Waals surface area contributed by atoms with Gasteiger partial charge in [-0.2, -0.15) is 42.0 Å². The standard InChI is InChI=1S/C19H27N5O3SSi.C16H23N5O6S2Si.C16H23N5O3SSi.C10H9N5O5S2.C2HF3O2.2Na/c1-5-8-27-24-14-11-23(19(24)25)16(15-17(14)28-12-21-15)18-20-6-7-22(18)13-26-9-10-29(2,3)4;1-30(2,3)7-6-26-10-19-5-4-17-15(19)13-12-14(28-9-18-12)11-8-20(13)16(22)21(11)27-29(23,24)25;1-26(2,3)7-6-24-10-19-5-4-17-15(19)13-12-14(25-9-18-12)11-8-20(13)16(22)21(11)23;16-10-14-3-5(15(10)20-22(17,18)19)8-6(13-4-21-8)7(14)9-11-1-2-12-9;3-2(4,5)1(6)7;;/h5-7,12,14,16H,1,8-11,13H2,2-4H3;4-5,9,11,13H,6-8,10H2,1-3H3,(H,23,24,25);4-5,9,11,13,23H,6-8,10H2,1-3H3;1-2,4-5,7H,3H2,(H,11,12)(H,17,18,19);(H,6,7);;/q;;;;;2*+1/p-2/t14-,16-;11-,13?;11-,13-;5-,7-;;;/m0000.../s1. The molecule has 16 rings (SSSR count). The number of imidazole rings is 3. The van der Waals surface area contributed by atoms with Crippen LogP contribution < -0.4 is 69.5 Å². The van der Waals surface area contributed by atoms with E-state index in [1.165, 1.54) is 48.9 Å². The van der Waals surface area contributed by atoms with Gasteiger partial charge in [-0.1, -0.05) is 65.0 Å². The number of hydrogen-bond donors (Lipinski definition) is 2. The first-order valence-electron chi connectivity index (χ1n) is 35.2. The molecule has 8 amide bonds. The van der Waals surface area contributed by atoms with Crippen LogP contribution in [-0.2, 0) is 73.4 Å².